The Balaban J connectivity index is 1.64. The van der Waals surface area contributed by atoms with Crippen LogP contribution in [0.3, 0.4) is 0 Å². The Kier molecular flexibility index (Phi) is 4.22. The third kappa shape index (κ3) is 2.96. The van der Waals surface area contributed by atoms with E-state index in [1.807, 2.05) is 6.07 Å². The van der Waals surface area contributed by atoms with Gasteiger partial charge in [0.25, 0.3) is 0 Å². The molecule has 2 aliphatic heterocycles. The van der Waals surface area contributed by atoms with Crippen LogP contribution in [0.2, 0.25) is 0 Å². The Bertz CT molecular complexity index is 448. The van der Waals surface area contributed by atoms with E-state index in [-0.39, 0.29) is 0 Å². The molecular weight excluding hydrogens is 248 g/mol. The summed E-state index contributed by atoms with van der Waals surface area (Å²) in [6.45, 7) is 6.42. The predicted molar refractivity (Wildman–Crippen MR) is 82.9 cm³/mol. The van der Waals surface area contributed by atoms with E-state index in [9.17, 15) is 0 Å². The van der Waals surface area contributed by atoms with Gasteiger partial charge >= 0.3 is 0 Å². The number of likely N-dealkylation sites (N-methyl/N-ethyl adjacent to an activating group) is 1. The van der Waals surface area contributed by atoms with Gasteiger partial charge in [-0.15, -0.1) is 0 Å². The Hall–Kier alpha value is -1.13. The van der Waals surface area contributed by atoms with Crippen molar-refractivity contribution >= 4 is 5.82 Å². The number of hydrogen-bond donors (Lipinski definition) is 1. The van der Waals surface area contributed by atoms with Gasteiger partial charge in [-0.25, -0.2) is 4.98 Å². The summed E-state index contributed by atoms with van der Waals surface area (Å²) in [5.74, 6) is 0.999. The zero-order chi connectivity index (χ0) is 13.9. The van der Waals surface area contributed by atoms with E-state index in [0.717, 1.165) is 31.0 Å². The summed E-state index contributed by atoms with van der Waals surface area (Å²) in [6, 6.07) is 7.86. The molecule has 4 heteroatoms. The van der Waals surface area contributed by atoms with Gasteiger partial charge in [-0.2, -0.15) is 0 Å². The number of aromatic nitrogens is 1. The number of nitrogens with zero attached hydrogens (tertiary/aromatic N) is 3. The molecule has 1 aromatic heterocycles. The molecule has 3 rings (SSSR count). The first-order chi connectivity index (χ1) is 9.76. The lowest BCUT2D eigenvalue weighted by Gasteiger charge is -2.25. The smallest absolute Gasteiger partial charge is 0.126 e. The molecule has 3 heterocycles. The molecule has 2 unspecified atom stereocenters. The van der Waals surface area contributed by atoms with Gasteiger partial charge in [0, 0.05) is 38.3 Å². The van der Waals surface area contributed by atoms with Gasteiger partial charge in [-0.05, 0) is 45.4 Å². The van der Waals surface area contributed by atoms with Crippen molar-refractivity contribution in [2.24, 2.45) is 0 Å². The van der Waals surface area contributed by atoms with E-state index in [1.54, 1.807) is 0 Å². The van der Waals surface area contributed by atoms with Crippen molar-refractivity contribution in [2.75, 3.05) is 32.0 Å². The number of anilines is 1. The highest BCUT2D eigenvalue weighted by Crippen LogP contribution is 2.28. The van der Waals surface area contributed by atoms with Crippen LogP contribution in [0.15, 0.2) is 18.2 Å². The first kappa shape index (κ1) is 13.8. The molecule has 2 aliphatic rings. The van der Waals surface area contributed by atoms with Crippen LogP contribution < -0.4 is 5.32 Å². The van der Waals surface area contributed by atoms with Crippen LogP contribution >= 0.6 is 0 Å². The Morgan fingerprint density at radius 3 is 2.95 bits per heavy atom. The summed E-state index contributed by atoms with van der Waals surface area (Å²) < 4.78 is 0. The normalized spacial score (nSPS) is 27.5. The minimum atomic E-state index is 0.749. The van der Waals surface area contributed by atoms with Gasteiger partial charge in [0.15, 0.2) is 0 Å². The van der Waals surface area contributed by atoms with E-state index in [4.69, 9.17) is 4.98 Å². The highest BCUT2D eigenvalue weighted by Gasteiger charge is 2.34. The van der Waals surface area contributed by atoms with E-state index < -0.39 is 0 Å². The molecule has 2 saturated heterocycles. The number of likely N-dealkylation sites (tertiary alicyclic amines) is 1. The minimum absolute atomic E-state index is 0.749. The van der Waals surface area contributed by atoms with Crippen molar-refractivity contribution in [3.63, 3.8) is 0 Å². The van der Waals surface area contributed by atoms with Gasteiger partial charge in [0.05, 0.1) is 5.69 Å². The molecular formula is C16H26N4. The number of hydrogen-bond acceptors (Lipinski definition) is 4. The zero-order valence-electron chi connectivity index (χ0n) is 12.7. The van der Waals surface area contributed by atoms with Crippen LogP contribution in [0, 0.1) is 0 Å². The first-order valence-corrected chi connectivity index (χ1v) is 7.90. The van der Waals surface area contributed by atoms with Crippen LogP contribution in [-0.2, 0) is 6.54 Å². The molecule has 0 aliphatic carbocycles. The third-order valence-electron chi connectivity index (χ3n) is 4.78. The lowest BCUT2D eigenvalue weighted by atomic mass is 10.1. The van der Waals surface area contributed by atoms with Crippen LogP contribution in [0.1, 0.15) is 31.9 Å². The molecule has 0 amide bonds. The summed E-state index contributed by atoms with van der Waals surface area (Å²) in [6.07, 6.45) is 4.06. The van der Waals surface area contributed by atoms with E-state index >= 15 is 0 Å². The Morgan fingerprint density at radius 1 is 1.25 bits per heavy atom. The molecule has 1 N–H and O–H groups in total. The van der Waals surface area contributed by atoms with Crippen molar-refractivity contribution in [3.05, 3.63) is 23.9 Å². The second kappa shape index (κ2) is 6.10. The Morgan fingerprint density at radius 2 is 2.10 bits per heavy atom. The predicted octanol–water partition coefficient (Wildman–Crippen LogP) is 2.18. The van der Waals surface area contributed by atoms with Crippen LogP contribution in [-0.4, -0.2) is 53.5 Å². The highest BCUT2D eigenvalue weighted by molar-refractivity contribution is 5.34. The van der Waals surface area contributed by atoms with E-state index in [1.165, 1.54) is 38.0 Å². The highest BCUT2D eigenvalue weighted by atomic mass is 15.3. The fourth-order valence-corrected chi connectivity index (χ4v) is 3.60. The quantitative estimate of drug-likeness (QED) is 0.912. The summed E-state index contributed by atoms with van der Waals surface area (Å²) in [7, 11) is 2.30. The SMILES string of the molecule is CCNc1cccc(CN2CCC3CCC(C2)N3C)n1. The summed E-state index contributed by atoms with van der Waals surface area (Å²) in [4.78, 5) is 9.88. The maximum absolute atomic E-state index is 4.70. The topological polar surface area (TPSA) is 31.4 Å². The van der Waals surface area contributed by atoms with E-state index in [0.29, 0.717) is 0 Å². The van der Waals surface area contributed by atoms with Gasteiger partial charge in [-0.3, -0.25) is 9.80 Å². The van der Waals surface area contributed by atoms with Crippen LogP contribution in [0.5, 0.6) is 0 Å². The van der Waals surface area contributed by atoms with Crippen molar-refractivity contribution in [1.29, 1.82) is 0 Å². The number of fused-ring (bicyclic) bond motifs is 2. The fraction of sp³-hybridized carbons (Fsp3) is 0.688. The molecule has 0 saturated carbocycles. The van der Waals surface area contributed by atoms with Crippen molar-refractivity contribution in [1.82, 2.24) is 14.8 Å². The van der Waals surface area contributed by atoms with Gasteiger partial charge in [-0.1, -0.05) is 6.07 Å². The lowest BCUT2D eigenvalue weighted by Crippen LogP contribution is -2.36. The Labute approximate surface area is 122 Å². The maximum Gasteiger partial charge on any atom is 0.126 e. The fourth-order valence-electron chi connectivity index (χ4n) is 3.60. The first-order valence-electron chi connectivity index (χ1n) is 7.90. The molecule has 20 heavy (non-hydrogen) atoms. The molecule has 4 nitrogen and oxygen atoms in total. The molecule has 0 aromatic carbocycles. The largest absolute Gasteiger partial charge is 0.370 e. The minimum Gasteiger partial charge on any atom is -0.370 e. The van der Waals surface area contributed by atoms with Gasteiger partial charge < -0.3 is 5.32 Å². The van der Waals surface area contributed by atoms with Crippen molar-refractivity contribution < 1.29 is 0 Å². The molecule has 0 radical (unpaired) electrons. The van der Waals surface area contributed by atoms with E-state index in [2.05, 4.69) is 41.2 Å². The second-order valence-electron chi connectivity index (χ2n) is 6.12. The van der Waals surface area contributed by atoms with Crippen LogP contribution in [0.4, 0.5) is 5.82 Å². The number of nitrogens with one attached hydrogen (secondary N) is 1. The summed E-state index contributed by atoms with van der Waals surface area (Å²) >= 11 is 0. The monoisotopic (exact) mass is 274 g/mol. The van der Waals surface area contributed by atoms with Crippen molar-refractivity contribution in [2.45, 2.75) is 44.8 Å². The third-order valence-corrected chi connectivity index (χ3v) is 4.78. The average molecular weight is 274 g/mol. The molecule has 110 valence electrons. The molecule has 1 aromatic rings. The molecule has 2 bridgehead atoms. The summed E-state index contributed by atoms with van der Waals surface area (Å²) in [5, 5.41) is 3.29. The standard InChI is InChI=1S/C16H26N4/c1-3-17-16-6-4-5-13(18-16)11-20-10-9-14-7-8-15(12-20)19(14)2/h4-6,14-15H,3,7-12H2,1-2H3,(H,17,18). The van der Waals surface area contributed by atoms with Crippen molar-refractivity contribution in [3.8, 4) is 0 Å². The lowest BCUT2D eigenvalue weighted by molar-refractivity contribution is 0.213. The number of rotatable bonds is 4. The maximum atomic E-state index is 4.70. The van der Waals surface area contributed by atoms with Crippen LogP contribution in [0.25, 0.3) is 0 Å². The molecule has 2 atom stereocenters. The zero-order valence-corrected chi connectivity index (χ0v) is 12.7. The molecule has 2 fully saturated rings. The average Bonchev–Trinajstić information content (AvgIpc) is 2.68. The van der Waals surface area contributed by atoms with Gasteiger partial charge in [0.2, 0.25) is 0 Å². The second-order valence-corrected chi connectivity index (χ2v) is 6.12. The van der Waals surface area contributed by atoms with Gasteiger partial charge in [0.1, 0.15) is 5.82 Å². The number of pyridine rings is 1. The summed E-state index contributed by atoms with van der Waals surface area (Å²) in [5.41, 5.74) is 1.18. The molecule has 0 spiro atoms.